The van der Waals surface area contributed by atoms with E-state index in [2.05, 4.69) is 24.5 Å². The number of amides is 1. The van der Waals surface area contributed by atoms with Gasteiger partial charge < -0.3 is 15.4 Å². The summed E-state index contributed by atoms with van der Waals surface area (Å²) in [4.78, 5) is 11.9. The van der Waals surface area contributed by atoms with E-state index in [1.807, 2.05) is 24.3 Å². The smallest absolute Gasteiger partial charge is 0.258 e. The van der Waals surface area contributed by atoms with Gasteiger partial charge in [-0.25, -0.2) is 4.39 Å². The first-order valence-electron chi connectivity index (χ1n) is 8.49. The molecule has 1 atom stereocenters. The third-order valence-electron chi connectivity index (χ3n) is 4.22. The normalized spacial score (nSPS) is 11.7. The summed E-state index contributed by atoms with van der Waals surface area (Å²) in [7, 11) is 1.66. The van der Waals surface area contributed by atoms with E-state index >= 15 is 0 Å². The van der Waals surface area contributed by atoms with Crippen molar-refractivity contribution in [3.8, 4) is 5.75 Å². The van der Waals surface area contributed by atoms with E-state index in [0.717, 1.165) is 6.42 Å². The van der Waals surface area contributed by atoms with Gasteiger partial charge in [0.1, 0.15) is 11.6 Å². The van der Waals surface area contributed by atoms with Crippen molar-refractivity contribution in [2.75, 3.05) is 19.0 Å². The molecule has 0 fully saturated rings. The summed E-state index contributed by atoms with van der Waals surface area (Å²) < 4.78 is 19.1. The minimum atomic E-state index is -0.341. The quantitative estimate of drug-likeness (QED) is 0.759. The number of hydrogen-bond donors (Lipinski definition) is 2. The van der Waals surface area contributed by atoms with Crippen LogP contribution in [0.3, 0.4) is 0 Å². The third kappa shape index (κ3) is 5.48. The molecule has 0 aliphatic heterocycles. The van der Waals surface area contributed by atoms with Gasteiger partial charge in [0, 0.05) is 13.6 Å². The maximum absolute atomic E-state index is 13.7. The molecular formula is C20H25FN2O2. The highest BCUT2D eigenvalue weighted by atomic mass is 19.1. The second kappa shape index (κ2) is 9.06. The lowest BCUT2D eigenvalue weighted by atomic mass is 9.99. The fraction of sp³-hybridized carbons (Fsp3) is 0.350. The van der Waals surface area contributed by atoms with Gasteiger partial charge in [0.2, 0.25) is 0 Å². The highest BCUT2D eigenvalue weighted by Gasteiger charge is 2.07. The second-order valence-corrected chi connectivity index (χ2v) is 6.01. The molecule has 2 aromatic carbocycles. The molecule has 25 heavy (non-hydrogen) atoms. The molecule has 134 valence electrons. The summed E-state index contributed by atoms with van der Waals surface area (Å²) in [6.07, 6.45) is 1.08. The van der Waals surface area contributed by atoms with Crippen molar-refractivity contribution in [1.29, 1.82) is 0 Å². The van der Waals surface area contributed by atoms with Gasteiger partial charge in [0.05, 0.1) is 5.69 Å². The lowest BCUT2D eigenvalue weighted by Crippen LogP contribution is -2.28. The van der Waals surface area contributed by atoms with E-state index in [1.165, 1.54) is 11.6 Å². The minimum absolute atomic E-state index is 0.0697. The van der Waals surface area contributed by atoms with Crippen LogP contribution in [0.5, 0.6) is 5.75 Å². The predicted octanol–water partition coefficient (Wildman–Crippen LogP) is 4.08. The Kier molecular flexibility index (Phi) is 6.81. The zero-order valence-corrected chi connectivity index (χ0v) is 14.9. The Labute approximate surface area is 148 Å². The van der Waals surface area contributed by atoms with Crippen LogP contribution in [0.4, 0.5) is 10.1 Å². The fourth-order valence-electron chi connectivity index (χ4n) is 2.40. The van der Waals surface area contributed by atoms with E-state index in [-0.39, 0.29) is 24.9 Å². The standard InChI is InChI=1S/C20H25FN2O2/c1-4-14(2)16-6-8-17(9-7-16)25-13-20(24)23-12-15-5-10-19(22-3)18(21)11-15/h5-11,14,22H,4,12-13H2,1-3H3,(H,23,24). The van der Waals surface area contributed by atoms with Gasteiger partial charge in [-0.3, -0.25) is 4.79 Å². The van der Waals surface area contributed by atoms with E-state index in [1.54, 1.807) is 19.2 Å². The van der Waals surface area contributed by atoms with Crippen LogP contribution in [-0.2, 0) is 11.3 Å². The number of rotatable bonds is 8. The van der Waals surface area contributed by atoms with E-state index in [9.17, 15) is 9.18 Å². The predicted molar refractivity (Wildman–Crippen MR) is 98.4 cm³/mol. The first-order valence-corrected chi connectivity index (χ1v) is 8.49. The van der Waals surface area contributed by atoms with Crippen LogP contribution >= 0.6 is 0 Å². The minimum Gasteiger partial charge on any atom is -0.484 e. The maximum atomic E-state index is 13.7. The molecule has 1 unspecified atom stereocenters. The van der Waals surface area contributed by atoms with Gasteiger partial charge in [-0.15, -0.1) is 0 Å². The van der Waals surface area contributed by atoms with Gasteiger partial charge >= 0.3 is 0 Å². The molecule has 0 saturated heterocycles. The molecular weight excluding hydrogens is 319 g/mol. The first-order chi connectivity index (χ1) is 12.0. The molecule has 5 heteroatoms. The second-order valence-electron chi connectivity index (χ2n) is 6.01. The zero-order valence-electron chi connectivity index (χ0n) is 14.9. The van der Waals surface area contributed by atoms with Gasteiger partial charge in [-0.1, -0.05) is 32.0 Å². The van der Waals surface area contributed by atoms with Crippen LogP contribution in [0.25, 0.3) is 0 Å². The van der Waals surface area contributed by atoms with Crippen molar-refractivity contribution >= 4 is 11.6 Å². The molecule has 0 aromatic heterocycles. The third-order valence-corrected chi connectivity index (χ3v) is 4.22. The number of halogens is 1. The lowest BCUT2D eigenvalue weighted by Gasteiger charge is -2.11. The SMILES string of the molecule is CCC(C)c1ccc(OCC(=O)NCc2ccc(NC)c(F)c2)cc1. The molecule has 0 bridgehead atoms. The molecule has 1 amide bonds. The first kappa shape index (κ1) is 18.8. The molecule has 0 saturated carbocycles. The molecule has 0 spiro atoms. The highest BCUT2D eigenvalue weighted by molar-refractivity contribution is 5.77. The Hall–Kier alpha value is -2.56. The number of carbonyl (C=O) groups is 1. The summed E-state index contributed by atoms with van der Waals surface area (Å²) in [5, 5.41) is 5.48. The maximum Gasteiger partial charge on any atom is 0.258 e. The topological polar surface area (TPSA) is 50.4 Å². The van der Waals surface area contributed by atoms with Crippen molar-refractivity contribution < 1.29 is 13.9 Å². The van der Waals surface area contributed by atoms with Crippen LogP contribution in [0.15, 0.2) is 42.5 Å². The van der Waals surface area contributed by atoms with E-state index in [4.69, 9.17) is 4.74 Å². The number of ether oxygens (including phenoxy) is 1. The van der Waals surface area contributed by atoms with Crippen molar-refractivity contribution in [2.45, 2.75) is 32.7 Å². The molecule has 0 aliphatic rings. The van der Waals surface area contributed by atoms with E-state index < -0.39 is 0 Å². The Morgan fingerprint density at radius 2 is 1.92 bits per heavy atom. The van der Waals surface area contributed by atoms with Crippen molar-refractivity contribution in [3.63, 3.8) is 0 Å². The zero-order chi connectivity index (χ0) is 18.2. The number of benzene rings is 2. The Balaban J connectivity index is 1.79. The number of hydrogen-bond acceptors (Lipinski definition) is 3. The average molecular weight is 344 g/mol. The number of anilines is 1. The molecule has 2 aromatic rings. The fourth-order valence-corrected chi connectivity index (χ4v) is 2.40. The van der Waals surface area contributed by atoms with Crippen molar-refractivity contribution in [2.24, 2.45) is 0 Å². The lowest BCUT2D eigenvalue weighted by molar-refractivity contribution is -0.123. The molecule has 4 nitrogen and oxygen atoms in total. The van der Waals surface area contributed by atoms with Crippen molar-refractivity contribution in [3.05, 3.63) is 59.4 Å². The summed E-state index contributed by atoms with van der Waals surface area (Å²) in [5.41, 5.74) is 2.38. The number of carbonyl (C=O) groups excluding carboxylic acids is 1. The Morgan fingerprint density at radius 3 is 2.52 bits per heavy atom. The van der Waals surface area contributed by atoms with Crippen LogP contribution < -0.4 is 15.4 Å². The van der Waals surface area contributed by atoms with Crippen LogP contribution in [0.2, 0.25) is 0 Å². The Morgan fingerprint density at radius 1 is 1.20 bits per heavy atom. The largest absolute Gasteiger partial charge is 0.484 e. The molecule has 0 aliphatic carbocycles. The van der Waals surface area contributed by atoms with Gasteiger partial charge in [0.15, 0.2) is 6.61 Å². The summed E-state index contributed by atoms with van der Waals surface area (Å²) in [5.74, 6) is 0.578. The summed E-state index contributed by atoms with van der Waals surface area (Å²) in [6.45, 7) is 4.52. The summed E-state index contributed by atoms with van der Waals surface area (Å²) >= 11 is 0. The average Bonchev–Trinajstić information content (AvgIpc) is 2.64. The van der Waals surface area contributed by atoms with E-state index in [0.29, 0.717) is 22.9 Å². The Bertz CT molecular complexity index is 701. The van der Waals surface area contributed by atoms with Gasteiger partial charge in [-0.2, -0.15) is 0 Å². The van der Waals surface area contributed by atoms with Crippen molar-refractivity contribution in [1.82, 2.24) is 5.32 Å². The van der Waals surface area contributed by atoms with Gasteiger partial charge in [0.25, 0.3) is 5.91 Å². The highest BCUT2D eigenvalue weighted by Crippen LogP contribution is 2.21. The molecule has 0 heterocycles. The number of nitrogens with one attached hydrogen (secondary N) is 2. The molecule has 0 radical (unpaired) electrons. The van der Waals surface area contributed by atoms with Crippen LogP contribution in [0.1, 0.15) is 37.3 Å². The molecule has 2 rings (SSSR count). The monoisotopic (exact) mass is 344 g/mol. The van der Waals surface area contributed by atoms with Crippen LogP contribution in [0, 0.1) is 5.82 Å². The van der Waals surface area contributed by atoms with Crippen LogP contribution in [-0.4, -0.2) is 19.6 Å². The molecule has 2 N–H and O–H groups in total. The van der Waals surface area contributed by atoms with Gasteiger partial charge in [-0.05, 0) is 47.7 Å². The summed E-state index contributed by atoms with van der Waals surface area (Å²) in [6, 6.07) is 12.6.